The molecule has 8 heteroatoms. The zero-order chi connectivity index (χ0) is 19.6. The molecule has 0 unspecified atom stereocenters. The van der Waals surface area contributed by atoms with Crippen molar-refractivity contribution in [2.24, 2.45) is 0 Å². The van der Waals surface area contributed by atoms with Gasteiger partial charge in [0.25, 0.3) is 5.91 Å². The summed E-state index contributed by atoms with van der Waals surface area (Å²) in [5, 5.41) is 2.82. The number of furan rings is 1. The predicted octanol–water partition coefficient (Wildman–Crippen LogP) is 2.16. The van der Waals surface area contributed by atoms with Crippen molar-refractivity contribution in [2.75, 3.05) is 26.3 Å². The van der Waals surface area contributed by atoms with Crippen LogP contribution in [-0.4, -0.2) is 44.9 Å². The largest absolute Gasteiger partial charge is 0.466 e. The first-order chi connectivity index (χ1) is 12.8. The highest BCUT2D eigenvalue weighted by molar-refractivity contribution is 7.89. The minimum Gasteiger partial charge on any atom is -0.466 e. The van der Waals surface area contributed by atoms with Gasteiger partial charge in [0.1, 0.15) is 11.5 Å². The number of ether oxygens (including phenoxy) is 1. The molecule has 27 heavy (non-hydrogen) atoms. The van der Waals surface area contributed by atoms with Crippen LogP contribution in [0.5, 0.6) is 0 Å². The van der Waals surface area contributed by atoms with E-state index in [9.17, 15) is 13.2 Å². The molecule has 2 aromatic rings. The number of sulfonamides is 1. The Morgan fingerprint density at radius 2 is 1.78 bits per heavy atom. The lowest BCUT2D eigenvalue weighted by atomic mass is 10.1. The molecule has 1 N–H and O–H groups in total. The SMILES string of the molecule is Cc1oc(C)c(C(=O)NCc2ccccc2S(=O)(=O)N2CCOCC2)c1C. The van der Waals surface area contributed by atoms with Crippen molar-refractivity contribution >= 4 is 15.9 Å². The van der Waals surface area contributed by atoms with E-state index in [0.29, 0.717) is 49.0 Å². The van der Waals surface area contributed by atoms with Gasteiger partial charge in [-0.25, -0.2) is 8.42 Å². The fourth-order valence-electron chi connectivity index (χ4n) is 3.22. The van der Waals surface area contributed by atoms with Gasteiger partial charge in [-0.2, -0.15) is 4.31 Å². The van der Waals surface area contributed by atoms with E-state index >= 15 is 0 Å². The monoisotopic (exact) mass is 392 g/mol. The second-order valence-corrected chi connectivity index (χ2v) is 8.43. The van der Waals surface area contributed by atoms with Crippen LogP contribution >= 0.6 is 0 Å². The third kappa shape index (κ3) is 3.92. The highest BCUT2D eigenvalue weighted by atomic mass is 32.2. The zero-order valence-electron chi connectivity index (χ0n) is 15.7. The van der Waals surface area contributed by atoms with Crippen molar-refractivity contribution in [1.82, 2.24) is 9.62 Å². The topological polar surface area (TPSA) is 88.8 Å². The molecule has 3 rings (SSSR count). The van der Waals surface area contributed by atoms with Gasteiger partial charge in [0.2, 0.25) is 10.0 Å². The molecule has 1 saturated heterocycles. The highest BCUT2D eigenvalue weighted by Crippen LogP contribution is 2.23. The van der Waals surface area contributed by atoms with Gasteiger partial charge < -0.3 is 14.5 Å². The minimum absolute atomic E-state index is 0.113. The van der Waals surface area contributed by atoms with Crippen molar-refractivity contribution in [3.8, 4) is 0 Å². The maximum atomic E-state index is 13.0. The maximum absolute atomic E-state index is 13.0. The van der Waals surface area contributed by atoms with Crippen molar-refractivity contribution in [3.05, 3.63) is 52.5 Å². The average Bonchev–Trinajstić information content (AvgIpc) is 2.92. The molecular weight excluding hydrogens is 368 g/mol. The van der Waals surface area contributed by atoms with E-state index in [-0.39, 0.29) is 17.3 Å². The van der Waals surface area contributed by atoms with E-state index in [1.165, 1.54) is 4.31 Å². The molecule has 7 nitrogen and oxygen atoms in total. The zero-order valence-corrected chi connectivity index (χ0v) is 16.6. The lowest BCUT2D eigenvalue weighted by Crippen LogP contribution is -2.41. The summed E-state index contributed by atoms with van der Waals surface area (Å²) in [6.45, 7) is 6.92. The summed E-state index contributed by atoms with van der Waals surface area (Å²) in [6.07, 6.45) is 0. The number of hydrogen-bond donors (Lipinski definition) is 1. The lowest BCUT2D eigenvalue weighted by Gasteiger charge is -2.27. The first-order valence-corrected chi connectivity index (χ1v) is 10.3. The third-order valence-corrected chi connectivity index (χ3v) is 6.79. The van der Waals surface area contributed by atoms with Crippen LogP contribution in [0.4, 0.5) is 0 Å². The third-order valence-electron chi connectivity index (χ3n) is 4.79. The fraction of sp³-hybridized carbons (Fsp3) is 0.421. The number of nitrogens with zero attached hydrogens (tertiary/aromatic N) is 1. The molecule has 0 bridgehead atoms. The van der Waals surface area contributed by atoms with Crippen LogP contribution in [-0.2, 0) is 21.3 Å². The smallest absolute Gasteiger partial charge is 0.255 e. The van der Waals surface area contributed by atoms with Gasteiger partial charge in [-0.05, 0) is 32.4 Å². The summed E-state index contributed by atoms with van der Waals surface area (Å²) >= 11 is 0. The Bertz CT molecular complexity index is 943. The van der Waals surface area contributed by atoms with E-state index in [4.69, 9.17) is 9.15 Å². The van der Waals surface area contributed by atoms with Crippen molar-refractivity contribution in [2.45, 2.75) is 32.2 Å². The molecule has 2 heterocycles. The molecule has 1 aliphatic heterocycles. The van der Waals surface area contributed by atoms with Crippen molar-refractivity contribution in [3.63, 3.8) is 0 Å². The number of morpholine rings is 1. The van der Waals surface area contributed by atoms with Crippen LogP contribution in [0.3, 0.4) is 0 Å². The number of aryl methyl sites for hydroxylation is 2. The van der Waals surface area contributed by atoms with E-state index in [1.54, 1.807) is 31.2 Å². The van der Waals surface area contributed by atoms with E-state index < -0.39 is 10.0 Å². The van der Waals surface area contributed by atoms with Crippen LogP contribution in [0.25, 0.3) is 0 Å². The summed E-state index contributed by atoms with van der Waals surface area (Å²) in [5.41, 5.74) is 1.84. The Morgan fingerprint density at radius 1 is 1.11 bits per heavy atom. The molecule has 1 fully saturated rings. The Morgan fingerprint density at radius 3 is 2.41 bits per heavy atom. The van der Waals surface area contributed by atoms with E-state index in [2.05, 4.69) is 5.32 Å². The summed E-state index contributed by atoms with van der Waals surface area (Å²) in [6, 6.07) is 6.74. The Labute approximate surface area is 159 Å². The normalized spacial score (nSPS) is 15.7. The number of carbonyl (C=O) groups excluding carboxylic acids is 1. The summed E-state index contributed by atoms with van der Waals surface area (Å²) < 4.78 is 38.1. The quantitative estimate of drug-likeness (QED) is 0.842. The number of benzene rings is 1. The molecule has 0 spiro atoms. The highest BCUT2D eigenvalue weighted by Gasteiger charge is 2.28. The predicted molar refractivity (Wildman–Crippen MR) is 100 cm³/mol. The average molecular weight is 392 g/mol. The second kappa shape index (κ2) is 7.84. The molecule has 0 atom stereocenters. The first kappa shape index (κ1) is 19.6. The van der Waals surface area contributed by atoms with Gasteiger partial charge in [0.15, 0.2) is 0 Å². The van der Waals surface area contributed by atoms with Crippen LogP contribution in [0.2, 0.25) is 0 Å². The molecule has 1 aromatic carbocycles. The van der Waals surface area contributed by atoms with Crippen LogP contribution in [0, 0.1) is 20.8 Å². The van der Waals surface area contributed by atoms with E-state index in [1.807, 2.05) is 13.8 Å². The molecule has 0 saturated carbocycles. The number of carbonyl (C=O) groups is 1. The van der Waals surface area contributed by atoms with Crippen molar-refractivity contribution < 1.29 is 22.4 Å². The van der Waals surface area contributed by atoms with Gasteiger partial charge in [-0.15, -0.1) is 0 Å². The standard InChI is InChI=1S/C19H24N2O5S/c1-13-14(2)26-15(3)18(13)19(22)20-12-16-6-4-5-7-17(16)27(23,24)21-8-10-25-11-9-21/h4-7H,8-12H2,1-3H3,(H,20,22). The molecule has 1 aliphatic rings. The molecule has 0 radical (unpaired) electrons. The number of nitrogens with one attached hydrogen (secondary N) is 1. The Kier molecular flexibility index (Phi) is 5.69. The van der Waals surface area contributed by atoms with Gasteiger partial charge in [-0.1, -0.05) is 18.2 Å². The second-order valence-electron chi connectivity index (χ2n) is 6.52. The lowest BCUT2D eigenvalue weighted by molar-refractivity contribution is 0.0730. The summed E-state index contributed by atoms with van der Waals surface area (Å²) in [5.74, 6) is 0.977. The Hall–Kier alpha value is -2.16. The van der Waals surface area contributed by atoms with Crippen LogP contribution in [0.1, 0.15) is 33.0 Å². The number of amides is 1. The van der Waals surface area contributed by atoms with Crippen LogP contribution < -0.4 is 5.32 Å². The molecule has 1 amide bonds. The molecule has 0 aliphatic carbocycles. The molecule has 146 valence electrons. The molecule has 1 aromatic heterocycles. The van der Waals surface area contributed by atoms with Gasteiger partial charge in [0, 0.05) is 25.2 Å². The van der Waals surface area contributed by atoms with Gasteiger partial charge in [0.05, 0.1) is 23.7 Å². The van der Waals surface area contributed by atoms with Gasteiger partial charge in [-0.3, -0.25) is 4.79 Å². The van der Waals surface area contributed by atoms with Gasteiger partial charge >= 0.3 is 0 Å². The number of hydrogen-bond acceptors (Lipinski definition) is 5. The Balaban J connectivity index is 1.81. The first-order valence-electron chi connectivity index (χ1n) is 8.83. The molecular formula is C19H24N2O5S. The summed E-state index contributed by atoms with van der Waals surface area (Å²) in [4.78, 5) is 12.8. The summed E-state index contributed by atoms with van der Waals surface area (Å²) in [7, 11) is -3.63. The van der Waals surface area contributed by atoms with Crippen molar-refractivity contribution in [1.29, 1.82) is 0 Å². The fourth-order valence-corrected chi connectivity index (χ4v) is 4.85. The van der Waals surface area contributed by atoms with Crippen LogP contribution in [0.15, 0.2) is 33.6 Å². The number of rotatable bonds is 5. The minimum atomic E-state index is -3.63. The van der Waals surface area contributed by atoms with E-state index in [0.717, 1.165) is 5.56 Å². The maximum Gasteiger partial charge on any atom is 0.255 e.